The number of halogens is 1. The minimum atomic E-state index is -0.437. The molecule has 5 nitrogen and oxygen atoms in total. The number of hydrogen-bond donors (Lipinski definition) is 1. The summed E-state index contributed by atoms with van der Waals surface area (Å²) in [6.45, 7) is 6.15. The maximum atomic E-state index is 13.0. The molecule has 0 unspecified atom stereocenters. The van der Waals surface area contributed by atoms with Crippen molar-refractivity contribution < 1.29 is 4.39 Å². The summed E-state index contributed by atoms with van der Waals surface area (Å²) in [5.74, 6) is 1.29. The van der Waals surface area contributed by atoms with Gasteiger partial charge in [0, 0.05) is 19.2 Å². The van der Waals surface area contributed by atoms with E-state index < -0.39 is 5.69 Å². The number of H-pyrrole nitrogens is 1. The summed E-state index contributed by atoms with van der Waals surface area (Å²) in [6.07, 6.45) is 1.16. The molecule has 0 saturated carbocycles. The standard InChI is InChI=1S/C18H22FN3O2/c1-12-7-13(2)10-21(9-12)16-8-17(23)22(18(24)20-16)11-14-3-5-15(19)6-4-14/h3-6,8,12-13H,7,9-11H2,1-2H3,(H,20,24)/t12-,13-/m1/s1. The Hall–Kier alpha value is -2.37. The predicted octanol–water partition coefficient (Wildman–Crippen LogP) is 2.21. The maximum Gasteiger partial charge on any atom is 0.330 e. The van der Waals surface area contributed by atoms with Gasteiger partial charge in [0.15, 0.2) is 0 Å². The zero-order chi connectivity index (χ0) is 17.3. The smallest absolute Gasteiger partial charge is 0.330 e. The molecule has 3 rings (SSSR count). The average molecular weight is 331 g/mol. The van der Waals surface area contributed by atoms with Gasteiger partial charge in [-0.1, -0.05) is 26.0 Å². The highest BCUT2D eigenvalue weighted by molar-refractivity contribution is 5.37. The fraction of sp³-hybridized carbons (Fsp3) is 0.444. The largest absolute Gasteiger partial charge is 0.357 e. The van der Waals surface area contributed by atoms with Crippen LogP contribution in [0.1, 0.15) is 25.8 Å². The molecular weight excluding hydrogens is 309 g/mol. The van der Waals surface area contributed by atoms with Crippen LogP contribution in [0.5, 0.6) is 0 Å². The second-order valence-corrected chi connectivity index (χ2v) is 6.86. The number of piperidine rings is 1. The van der Waals surface area contributed by atoms with E-state index in [9.17, 15) is 14.0 Å². The van der Waals surface area contributed by atoms with E-state index in [-0.39, 0.29) is 17.9 Å². The van der Waals surface area contributed by atoms with Crippen LogP contribution in [0.2, 0.25) is 0 Å². The Morgan fingerprint density at radius 2 is 1.75 bits per heavy atom. The molecule has 128 valence electrons. The number of hydrogen-bond acceptors (Lipinski definition) is 3. The molecule has 6 heteroatoms. The summed E-state index contributed by atoms with van der Waals surface area (Å²) < 4.78 is 14.1. The predicted molar refractivity (Wildman–Crippen MR) is 92.0 cm³/mol. The van der Waals surface area contributed by atoms with Gasteiger partial charge in [0.1, 0.15) is 11.6 Å². The number of rotatable bonds is 3. The van der Waals surface area contributed by atoms with Gasteiger partial charge in [-0.3, -0.25) is 14.3 Å². The summed E-state index contributed by atoms with van der Waals surface area (Å²) in [5.41, 5.74) is -0.0753. The second kappa shape index (κ2) is 6.63. The lowest BCUT2D eigenvalue weighted by Crippen LogP contribution is -2.43. The Morgan fingerprint density at radius 3 is 2.33 bits per heavy atom. The quantitative estimate of drug-likeness (QED) is 0.938. The van der Waals surface area contributed by atoms with Crippen LogP contribution in [-0.2, 0) is 6.54 Å². The fourth-order valence-corrected chi connectivity index (χ4v) is 3.46. The zero-order valence-corrected chi connectivity index (χ0v) is 14.0. The molecule has 0 amide bonds. The third kappa shape index (κ3) is 3.58. The van der Waals surface area contributed by atoms with Gasteiger partial charge in [-0.2, -0.15) is 0 Å². The van der Waals surface area contributed by atoms with Gasteiger partial charge in [0.25, 0.3) is 5.56 Å². The molecule has 24 heavy (non-hydrogen) atoms. The summed E-state index contributed by atoms with van der Waals surface area (Å²) in [6, 6.07) is 7.26. The fourth-order valence-electron chi connectivity index (χ4n) is 3.46. The Morgan fingerprint density at radius 1 is 1.12 bits per heavy atom. The normalized spacial score (nSPS) is 21.0. The van der Waals surface area contributed by atoms with Crippen molar-refractivity contribution in [2.24, 2.45) is 11.8 Å². The SMILES string of the molecule is C[C@@H]1C[C@@H](C)CN(c2cc(=O)n(Cc3ccc(F)cc3)c(=O)[nH]2)C1. The van der Waals surface area contributed by atoms with Crippen molar-refractivity contribution in [3.05, 3.63) is 62.6 Å². The summed E-state index contributed by atoms with van der Waals surface area (Å²) in [4.78, 5) is 29.6. The highest BCUT2D eigenvalue weighted by Crippen LogP contribution is 2.23. The van der Waals surface area contributed by atoms with E-state index in [1.165, 1.54) is 18.2 Å². The Labute approximate surface area is 139 Å². The molecule has 1 aromatic heterocycles. The Bertz CT molecular complexity index is 784. The van der Waals surface area contributed by atoms with E-state index in [0.717, 1.165) is 24.1 Å². The van der Waals surface area contributed by atoms with Crippen molar-refractivity contribution in [2.45, 2.75) is 26.8 Å². The molecule has 0 bridgehead atoms. The maximum absolute atomic E-state index is 13.0. The number of nitrogens with one attached hydrogen (secondary N) is 1. The molecule has 1 aliphatic rings. The van der Waals surface area contributed by atoms with Crippen molar-refractivity contribution in [3.8, 4) is 0 Å². The molecule has 0 aliphatic carbocycles. The first kappa shape index (κ1) is 16.5. The van der Waals surface area contributed by atoms with Gasteiger partial charge >= 0.3 is 5.69 Å². The van der Waals surface area contributed by atoms with Gasteiger partial charge in [-0.25, -0.2) is 9.18 Å². The Kier molecular flexibility index (Phi) is 4.55. The molecular formula is C18H22FN3O2. The Balaban J connectivity index is 1.87. The number of anilines is 1. The van der Waals surface area contributed by atoms with E-state index in [2.05, 4.69) is 23.7 Å². The molecule has 1 N–H and O–H groups in total. The number of aromatic nitrogens is 2. The first-order valence-electron chi connectivity index (χ1n) is 8.26. The van der Waals surface area contributed by atoms with Crippen LogP contribution in [0, 0.1) is 17.7 Å². The number of aromatic amines is 1. The van der Waals surface area contributed by atoms with Crippen molar-refractivity contribution in [1.29, 1.82) is 0 Å². The van der Waals surface area contributed by atoms with Gasteiger partial charge in [-0.15, -0.1) is 0 Å². The van der Waals surface area contributed by atoms with Gasteiger partial charge < -0.3 is 4.90 Å². The van der Waals surface area contributed by atoms with Gasteiger partial charge in [0.2, 0.25) is 0 Å². The first-order chi connectivity index (χ1) is 11.4. The minimum Gasteiger partial charge on any atom is -0.357 e. The monoisotopic (exact) mass is 331 g/mol. The lowest BCUT2D eigenvalue weighted by atomic mass is 9.92. The van der Waals surface area contributed by atoms with Crippen molar-refractivity contribution >= 4 is 5.82 Å². The highest BCUT2D eigenvalue weighted by atomic mass is 19.1. The minimum absolute atomic E-state index is 0.127. The molecule has 1 fully saturated rings. The van der Waals surface area contributed by atoms with Crippen molar-refractivity contribution in [3.63, 3.8) is 0 Å². The first-order valence-corrected chi connectivity index (χ1v) is 8.26. The van der Waals surface area contributed by atoms with Crippen LogP contribution in [0.15, 0.2) is 39.9 Å². The lowest BCUT2D eigenvalue weighted by Gasteiger charge is -2.36. The van der Waals surface area contributed by atoms with Gasteiger partial charge in [0.05, 0.1) is 6.54 Å². The number of benzene rings is 1. The summed E-state index contributed by atoms with van der Waals surface area (Å²) in [5, 5.41) is 0. The van der Waals surface area contributed by atoms with Crippen LogP contribution < -0.4 is 16.1 Å². The van der Waals surface area contributed by atoms with E-state index in [4.69, 9.17) is 0 Å². The van der Waals surface area contributed by atoms with Crippen molar-refractivity contribution in [2.75, 3.05) is 18.0 Å². The zero-order valence-electron chi connectivity index (χ0n) is 14.0. The van der Waals surface area contributed by atoms with E-state index in [1.54, 1.807) is 12.1 Å². The molecule has 1 aromatic carbocycles. The van der Waals surface area contributed by atoms with Crippen LogP contribution >= 0.6 is 0 Å². The van der Waals surface area contributed by atoms with Crippen molar-refractivity contribution in [1.82, 2.24) is 9.55 Å². The summed E-state index contributed by atoms with van der Waals surface area (Å²) >= 11 is 0. The van der Waals surface area contributed by atoms with Crippen LogP contribution in [-0.4, -0.2) is 22.6 Å². The molecule has 0 spiro atoms. The molecule has 2 aromatic rings. The molecule has 0 radical (unpaired) electrons. The van der Waals surface area contributed by atoms with Crippen LogP contribution in [0.3, 0.4) is 0 Å². The van der Waals surface area contributed by atoms with E-state index in [1.807, 2.05) is 0 Å². The van der Waals surface area contributed by atoms with Crippen LogP contribution in [0.25, 0.3) is 0 Å². The van der Waals surface area contributed by atoms with E-state index >= 15 is 0 Å². The third-order valence-corrected chi connectivity index (χ3v) is 4.47. The molecule has 1 saturated heterocycles. The average Bonchev–Trinajstić information content (AvgIpc) is 2.51. The number of nitrogens with zero attached hydrogens (tertiary/aromatic N) is 2. The van der Waals surface area contributed by atoms with E-state index in [0.29, 0.717) is 23.2 Å². The highest BCUT2D eigenvalue weighted by Gasteiger charge is 2.23. The van der Waals surface area contributed by atoms with Gasteiger partial charge in [-0.05, 0) is 36.0 Å². The third-order valence-electron chi connectivity index (χ3n) is 4.47. The topological polar surface area (TPSA) is 58.1 Å². The lowest BCUT2D eigenvalue weighted by molar-refractivity contribution is 0.355. The summed E-state index contributed by atoms with van der Waals surface area (Å²) in [7, 11) is 0. The van der Waals surface area contributed by atoms with Crippen LogP contribution in [0.4, 0.5) is 10.2 Å². The molecule has 2 atom stereocenters. The molecule has 2 heterocycles. The molecule has 1 aliphatic heterocycles. The second-order valence-electron chi connectivity index (χ2n) is 6.86.